The molecule has 0 atom stereocenters. The third kappa shape index (κ3) is 3.64. The molecule has 1 fully saturated rings. The molecule has 0 unspecified atom stereocenters. The molecular formula is C13H17F3N4O3. The average Bonchev–Trinajstić information content (AvgIpc) is 2.47. The van der Waals surface area contributed by atoms with E-state index in [2.05, 4.69) is 5.43 Å². The van der Waals surface area contributed by atoms with Crippen molar-refractivity contribution in [1.29, 1.82) is 0 Å². The summed E-state index contributed by atoms with van der Waals surface area (Å²) in [5.41, 5.74) is 6.23. The minimum atomic E-state index is -4.75. The van der Waals surface area contributed by atoms with Gasteiger partial charge in [0.1, 0.15) is 5.69 Å². The lowest BCUT2D eigenvalue weighted by atomic mass is 10.0. The number of nitro benzene ring substituents is 1. The maximum atomic E-state index is 13.0. The number of hydrogen-bond donors (Lipinski definition) is 2. The molecule has 0 aromatic heterocycles. The van der Waals surface area contributed by atoms with E-state index in [1.807, 2.05) is 0 Å². The van der Waals surface area contributed by atoms with Gasteiger partial charge in [0, 0.05) is 30.4 Å². The quantitative estimate of drug-likeness (QED) is 0.499. The second-order valence-corrected chi connectivity index (χ2v) is 5.03. The summed E-state index contributed by atoms with van der Waals surface area (Å²) in [6.45, 7) is 3.37. The van der Waals surface area contributed by atoms with E-state index in [9.17, 15) is 23.3 Å². The highest BCUT2D eigenvalue weighted by molar-refractivity contribution is 5.77. The predicted octanol–water partition coefficient (Wildman–Crippen LogP) is 2.42. The SMILES string of the molecule is CCc1c(N)c(C(F)(F)F)cc([N+](=O)[O-])c1NN1CCOCC1. The molecule has 1 aliphatic heterocycles. The number of morpholine rings is 1. The number of nitrogens with two attached hydrogens (primary N) is 1. The lowest BCUT2D eigenvalue weighted by Crippen LogP contribution is -2.40. The summed E-state index contributed by atoms with van der Waals surface area (Å²) in [5.74, 6) is 0. The van der Waals surface area contributed by atoms with Gasteiger partial charge >= 0.3 is 6.18 Å². The van der Waals surface area contributed by atoms with Crippen molar-refractivity contribution < 1.29 is 22.8 Å². The van der Waals surface area contributed by atoms with Crippen molar-refractivity contribution >= 4 is 17.1 Å². The van der Waals surface area contributed by atoms with Crippen LogP contribution in [0.2, 0.25) is 0 Å². The van der Waals surface area contributed by atoms with E-state index < -0.39 is 28.0 Å². The van der Waals surface area contributed by atoms with Crippen LogP contribution >= 0.6 is 0 Å². The molecule has 10 heteroatoms. The van der Waals surface area contributed by atoms with Crippen LogP contribution in [0.1, 0.15) is 18.1 Å². The summed E-state index contributed by atoms with van der Waals surface area (Å²) in [6.07, 6.45) is -4.63. The average molecular weight is 334 g/mol. The number of hydrazine groups is 1. The highest BCUT2D eigenvalue weighted by atomic mass is 19.4. The number of benzene rings is 1. The Hall–Kier alpha value is -2.07. The number of rotatable bonds is 4. The lowest BCUT2D eigenvalue weighted by Gasteiger charge is -2.29. The molecular weight excluding hydrogens is 317 g/mol. The van der Waals surface area contributed by atoms with Crippen LogP contribution in [0, 0.1) is 10.1 Å². The predicted molar refractivity (Wildman–Crippen MR) is 77.9 cm³/mol. The normalized spacial score (nSPS) is 16.3. The Morgan fingerprint density at radius 1 is 1.43 bits per heavy atom. The van der Waals surface area contributed by atoms with Gasteiger partial charge in [0.2, 0.25) is 0 Å². The Labute approximate surface area is 130 Å². The molecule has 1 aliphatic rings. The molecule has 1 saturated heterocycles. The molecule has 1 aromatic rings. The topological polar surface area (TPSA) is 93.7 Å². The van der Waals surface area contributed by atoms with Crippen LogP contribution in [-0.4, -0.2) is 36.2 Å². The Morgan fingerprint density at radius 3 is 2.52 bits per heavy atom. The lowest BCUT2D eigenvalue weighted by molar-refractivity contribution is -0.384. The van der Waals surface area contributed by atoms with Gasteiger partial charge in [0.15, 0.2) is 0 Å². The van der Waals surface area contributed by atoms with E-state index in [1.54, 1.807) is 11.9 Å². The monoisotopic (exact) mass is 334 g/mol. The number of hydrogen-bond acceptors (Lipinski definition) is 6. The Kier molecular flexibility index (Phi) is 4.95. The van der Waals surface area contributed by atoms with Crippen LogP contribution in [0.15, 0.2) is 6.07 Å². The maximum Gasteiger partial charge on any atom is 0.418 e. The molecule has 0 saturated carbocycles. The van der Waals surface area contributed by atoms with Crippen LogP contribution in [-0.2, 0) is 17.3 Å². The van der Waals surface area contributed by atoms with Gasteiger partial charge < -0.3 is 15.9 Å². The van der Waals surface area contributed by atoms with E-state index >= 15 is 0 Å². The van der Waals surface area contributed by atoms with Crippen LogP contribution in [0.5, 0.6) is 0 Å². The van der Waals surface area contributed by atoms with Gasteiger partial charge in [-0.15, -0.1) is 0 Å². The molecule has 128 valence electrons. The van der Waals surface area contributed by atoms with E-state index in [-0.39, 0.29) is 17.7 Å². The molecule has 0 amide bonds. The molecule has 0 spiro atoms. The zero-order valence-corrected chi connectivity index (χ0v) is 12.4. The molecule has 1 heterocycles. The van der Waals surface area contributed by atoms with Crippen LogP contribution in [0.4, 0.5) is 30.2 Å². The molecule has 23 heavy (non-hydrogen) atoms. The molecule has 2 rings (SSSR count). The first-order chi connectivity index (χ1) is 10.8. The molecule has 0 aliphatic carbocycles. The van der Waals surface area contributed by atoms with Gasteiger partial charge in [-0.05, 0) is 6.42 Å². The van der Waals surface area contributed by atoms with E-state index in [0.29, 0.717) is 32.4 Å². The zero-order valence-electron chi connectivity index (χ0n) is 12.4. The third-order valence-electron chi connectivity index (χ3n) is 3.59. The van der Waals surface area contributed by atoms with Crippen molar-refractivity contribution in [2.75, 3.05) is 37.5 Å². The Bertz CT molecular complexity index is 601. The van der Waals surface area contributed by atoms with Gasteiger partial charge in [-0.1, -0.05) is 6.92 Å². The van der Waals surface area contributed by atoms with Crippen molar-refractivity contribution in [2.24, 2.45) is 0 Å². The fourth-order valence-corrected chi connectivity index (χ4v) is 2.44. The number of anilines is 2. The number of ether oxygens (including phenoxy) is 1. The van der Waals surface area contributed by atoms with Gasteiger partial charge in [-0.2, -0.15) is 13.2 Å². The summed E-state index contributed by atoms with van der Waals surface area (Å²) in [4.78, 5) is 10.4. The number of alkyl halides is 3. The molecule has 1 aromatic carbocycles. The molecule has 7 nitrogen and oxygen atoms in total. The maximum absolute atomic E-state index is 13.0. The fourth-order valence-electron chi connectivity index (χ4n) is 2.44. The summed E-state index contributed by atoms with van der Waals surface area (Å²) >= 11 is 0. The fraction of sp³-hybridized carbons (Fsp3) is 0.538. The molecule has 0 radical (unpaired) electrons. The largest absolute Gasteiger partial charge is 0.418 e. The Balaban J connectivity index is 2.54. The minimum Gasteiger partial charge on any atom is -0.398 e. The number of nitrogens with one attached hydrogen (secondary N) is 1. The third-order valence-corrected chi connectivity index (χ3v) is 3.59. The minimum absolute atomic E-state index is 0.00454. The van der Waals surface area contributed by atoms with E-state index in [4.69, 9.17) is 10.5 Å². The van der Waals surface area contributed by atoms with Crippen molar-refractivity contribution in [3.05, 3.63) is 27.3 Å². The number of halogens is 3. The van der Waals surface area contributed by atoms with E-state index in [1.165, 1.54) is 0 Å². The van der Waals surface area contributed by atoms with Crippen molar-refractivity contribution in [1.82, 2.24) is 5.01 Å². The smallest absolute Gasteiger partial charge is 0.398 e. The molecule has 0 bridgehead atoms. The molecule has 3 N–H and O–H groups in total. The van der Waals surface area contributed by atoms with E-state index in [0.717, 1.165) is 0 Å². The summed E-state index contributed by atoms with van der Waals surface area (Å²) in [6, 6.07) is 0.483. The van der Waals surface area contributed by atoms with Crippen LogP contribution < -0.4 is 11.2 Å². The van der Waals surface area contributed by atoms with Gasteiger partial charge in [0.05, 0.1) is 23.7 Å². The van der Waals surface area contributed by atoms with Gasteiger partial charge in [-0.3, -0.25) is 10.1 Å². The standard InChI is InChI=1S/C13H17F3N4O3/c1-2-8-11(17)9(13(14,15)16)7-10(20(21)22)12(8)18-19-3-5-23-6-4-19/h7,18H,2-6,17H2,1H3. The number of nitrogens with zero attached hydrogens (tertiary/aromatic N) is 2. The van der Waals surface area contributed by atoms with Gasteiger partial charge in [-0.25, -0.2) is 5.01 Å². The first-order valence-electron chi connectivity index (χ1n) is 7.02. The van der Waals surface area contributed by atoms with Crippen LogP contribution in [0.3, 0.4) is 0 Å². The first-order valence-corrected chi connectivity index (χ1v) is 7.02. The highest BCUT2D eigenvalue weighted by Gasteiger charge is 2.38. The second kappa shape index (κ2) is 6.59. The first kappa shape index (κ1) is 17.3. The van der Waals surface area contributed by atoms with Crippen molar-refractivity contribution in [3.8, 4) is 0 Å². The van der Waals surface area contributed by atoms with Gasteiger partial charge in [0.25, 0.3) is 5.69 Å². The number of nitrogen functional groups attached to an aromatic ring is 1. The summed E-state index contributed by atoms with van der Waals surface area (Å²) in [5, 5.41) is 12.9. The number of nitro groups is 1. The summed E-state index contributed by atoms with van der Waals surface area (Å²) in [7, 11) is 0. The second-order valence-electron chi connectivity index (χ2n) is 5.03. The summed E-state index contributed by atoms with van der Waals surface area (Å²) < 4.78 is 44.3. The van der Waals surface area contributed by atoms with Crippen molar-refractivity contribution in [3.63, 3.8) is 0 Å². The Morgan fingerprint density at radius 2 is 2.04 bits per heavy atom. The van der Waals surface area contributed by atoms with Crippen molar-refractivity contribution in [2.45, 2.75) is 19.5 Å². The highest BCUT2D eigenvalue weighted by Crippen LogP contribution is 2.43. The zero-order chi connectivity index (χ0) is 17.2. The van der Waals surface area contributed by atoms with Crippen LogP contribution in [0.25, 0.3) is 0 Å².